The number of primary amides is 1. The van der Waals surface area contributed by atoms with Gasteiger partial charge in [0.05, 0.1) is 12.1 Å². The number of aldehydes is 1. The Morgan fingerprint density at radius 3 is 2.15 bits per heavy atom. The van der Waals surface area contributed by atoms with E-state index in [0.29, 0.717) is 18.9 Å². The van der Waals surface area contributed by atoms with Crippen LogP contribution in [0, 0.1) is 11.3 Å². The van der Waals surface area contributed by atoms with E-state index in [2.05, 4.69) is 10.7 Å². The van der Waals surface area contributed by atoms with Crippen LogP contribution in [0.25, 0.3) is 0 Å². The molecule has 2 aliphatic rings. The molecule has 3 amide bonds. The summed E-state index contributed by atoms with van der Waals surface area (Å²) in [6, 6.07) is -1.52. The Morgan fingerprint density at radius 1 is 1.15 bits per heavy atom. The fourth-order valence-corrected chi connectivity index (χ4v) is 3.65. The number of carbonyl (C=O) groups excluding carboxylic acids is 4. The Morgan fingerprint density at radius 2 is 1.74 bits per heavy atom. The lowest BCUT2D eigenvalue weighted by Crippen LogP contribution is -2.56. The molecule has 7 N–H and O–H groups in total. The van der Waals surface area contributed by atoms with Gasteiger partial charge in [0.15, 0.2) is 0 Å². The number of hydrogen-bond acceptors (Lipinski definition) is 8. The van der Waals surface area contributed by atoms with Gasteiger partial charge in [-0.1, -0.05) is 33.6 Å². The van der Waals surface area contributed by atoms with Crippen molar-refractivity contribution in [3.63, 3.8) is 0 Å². The predicted molar refractivity (Wildman–Crippen MR) is 127 cm³/mol. The molecular weight excluding hydrogens is 442 g/mol. The zero-order valence-corrected chi connectivity index (χ0v) is 21.3. The Kier molecular flexibility index (Phi) is 10.9. The summed E-state index contributed by atoms with van der Waals surface area (Å²) < 4.78 is 5.24. The van der Waals surface area contributed by atoms with Crippen LogP contribution in [-0.4, -0.2) is 70.6 Å². The monoisotopic (exact) mass is 485 g/mol. The minimum atomic E-state index is -1.17. The largest absolute Gasteiger partial charge is 0.444 e. The van der Waals surface area contributed by atoms with Crippen molar-refractivity contribution >= 4 is 24.2 Å². The number of nitrogens with two attached hydrogens (primary N) is 2. The Labute approximate surface area is 202 Å². The van der Waals surface area contributed by atoms with Crippen LogP contribution in [0.5, 0.6) is 0 Å². The fraction of sp³-hybridized carbons (Fsp3) is 0.826. The smallest absolute Gasteiger partial charge is 0.408 e. The highest BCUT2D eigenvalue weighted by molar-refractivity contribution is 5.88. The van der Waals surface area contributed by atoms with E-state index in [1.807, 2.05) is 20.8 Å². The van der Waals surface area contributed by atoms with Crippen molar-refractivity contribution in [3.05, 3.63) is 0 Å². The first-order valence-corrected chi connectivity index (χ1v) is 11.8. The van der Waals surface area contributed by atoms with Crippen molar-refractivity contribution < 1.29 is 29.0 Å². The number of rotatable bonds is 8. The van der Waals surface area contributed by atoms with Crippen molar-refractivity contribution in [1.82, 2.24) is 15.6 Å². The number of amides is 3. The van der Waals surface area contributed by atoms with Crippen molar-refractivity contribution in [2.45, 2.75) is 103 Å². The van der Waals surface area contributed by atoms with E-state index < -0.39 is 47.2 Å². The van der Waals surface area contributed by atoms with Crippen LogP contribution >= 0.6 is 0 Å². The standard InChI is InChI=1S/C16H28N2O4.C7H15N3O2/c1-15(2,3)12(17-14(21)22-16(4,5)6)13(20)18-9-7-8-11(18)10-19;8-7(12)6(11)5(10-9)3-4-1-2-4/h10-12H,7-9H2,1-6H3,(H,17,21);4-6,10-11H,1-3,9H2,(H2,8,12). The van der Waals surface area contributed by atoms with Gasteiger partial charge in [-0.3, -0.25) is 20.9 Å². The van der Waals surface area contributed by atoms with Crippen LogP contribution in [-0.2, 0) is 19.1 Å². The van der Waals surface area contributed by atoms with Crippen LogP contribution in [0.3, 0.4) is 0 Å². The maximum atomic E-state index is 12.8. The fourth-order valence-electron chi connectivity index (χ4n) is 3.65. The lowest BCUT2D eigenvalue weighted by molar-refractivity contribution is -0.139. The molecule has 11 heteroatoms. The maximum Gasteiger partial charge on any atom is 0.408 e. The number of carbonyl (C=O) groups is 4. The number of nitrogens with one attached hydrogen (secondary N) is 2. The van der Waals surface area contributed by atoms with Crippen molar-refractivity contribution in [3.8, 4) is 0 Å². The third-order valence-electron chi connectivity index (χ3n) is 5.68. The van der Waals surface area contributed by atoms with Gasteiger partial charge in [-0.15, -0.1) is 0 Å². The molecule has 1 saturated heterocycles. The van der Waals surface area contributed by atoms with Gasteiger partial charge in [0.1, 0.15) is 24.0 Å². The molecule has 1 aliphatic heterocycles. The summed E-state index contributed by atoms with van der Waals surface area (Å²) in [6.45, 7) is 11.5. The van der Waals surface area contributed by atoms with Gasteiger partial charge in [0.2, 0.25) is 11.8 Å². The van der Waals surface area contributed by atoms with Crippen molar-refractivity contribution in [1.29, 1.82) is 0 Å². The quantitative estimate of drug-likeness (QED) is 0.188. The second kappa shape index (κ2) is 12.5. The molecule has 0 aromatic heterocycles. The van der Waals surface area contributed by atoms with Gasteiger partial charge in [0, 0.05) is 6.54 Å². The van der Waals surface area contributed by atoms with Crippen molar-refractivity contribution in [2.24, 2.45) is 22.9 Å². The molecule has 196 valence electrons. The summed E-state index contributed by atoms with van der Waals surface area (Å²) in [5, 5.41) is 11.9. The minimum absolute atomic E-state index is 0.229. The molecular formula is C23H43N5O6. The third-order valence-corrected chi connectivity index (χ3v) is 5.68. The first-order chi connectivity index (χ1) is 15.6. The molecule has 1 aliphatic carbocycles. The highest BCUT2D eigenvalue weighted by Gasteiger charge is 2.40. The van der Waals surface area contributed by atoms with Gasteiger partial charge in [0.25, 0.3) is 0 Å². The molecule has 0 aromatic carbocycles. The van der Waals surface area contributed by atoms with Gasteiger partial charge in [-0.2, -0.15) is 0 Å². The summed E-state index contributed by atoms with van der Waals surface area (Å²) in [5.74, 6) is 4.81. The zero-order chi connectivity index (χ0) is 26.3. The summed E-state index contributed by atoms with van der Waals surface area (Å²) in [7, 11) is 0. The second-order valence-corrected chi connectivity index (χ2v) is 11.1. The Hall–Kier alpha value is -2.24. The topological polar surface area (TPSA) is 177 Å². The minimum Gasteiger partial charge on any atom is -0.444 e. The number of alkyl carbamates (subject to hydrolysis) is 1. The summed E-state index contributed by atoms with van der Waals surface area (Å²) in [5.41, 5.74) is 6.22. The van der Waals surface area contributed by atoms with E-state index in [9.17, 15) is 24.3 Å². The van der Waals surface area contributed by atoms with Gasteiger partial charge in [-0.25, -0.2) is 4.79 Å². The molecule has 1 saturated carbocycles. The van der Waals surface area contributed by atoms with E-state index >= 15 is 0 Å². The van der Waals surface area contributed by atoms with Crippen LogP contribution in [0.2, 0.25) is 0 Å². The third kappa shape index (κ3) is 9.94. The highest BCUT2D eigenvalue weighted by atomic mass is 16.6. The van der Waals surface area contributed by atoms with E-state index in [1.54, 1.807) is 25.7 Å². The average molecular weight is 486 g/mol. The normalized spacial score (nSPS) is 20.9. The molecule has 0 radical (unpaired) electrons. The number of likely N-dealkylation sites (tertiary alicyclic amines) is 1. The number of aliphatic hydroxyl groups is 1. The van der Waals surface area contributed by atoms with Crippen LogP contribution in [0.4, 0.5) is 4.79 Å². The average Bonchev–Trinajstić information content (AvgIpc) is 3.40. The van der Waals surface area contributed by atoms with E-state index in [0.717, 1.165) is 32.0 Å². The predicted octanol–water partition coefficient (Wildman–Crippen LogP) is 0.580. The summed E-state index contributed by atoms with van der Waals surface area (Å²) in [4.78, 5) is 48.0. The number of hydrazine groups is 1. The molecule has 0 aromatic rings. The van der Waals surface area contributed by atoms with Crippen LogP contribution in [0.15, 0.2) is 0 Å². The molecule has 2 rings (SSSR count). The Bertz CT molecular complexity index is 714. The molecule has 0 bridgehead atoms. The molecule has 11 nitrogen and oxygen atoms in total. The molecule has 1 heterocycles. The molecule has 34 heavy (non-hydrogen) atoms. The van der Waals surface area contributed by atoms with Gasteiger partial charge in [-0.05, 0) is 51.4 Å². The number of hydrogen-bond donors (Lipinski definition) is 5. The van der Waals surface area contributed by atoms with Crippen LogP contribution in [0.1, 0.15) is 73.6 Å². The molecule has 2 fully saturated rings. The first-order valence-electron chi connectivity index (χ1n) is 11.8. The lowest BCUT2D eigenvalue weighted by atomic mass is 9.85. The van der Waals surface area contributed by atoms with E-state index in [4.69, 9.17) is 16.3 Å². The first kappa shape index (κ1) is 29.8. The molecule has 0 spiro atoms. The molecule has 4 atom stereocenters. The summed E-state index contributed by atoms with van der Waals surface area (Å²) in [6.07, 6.45) is 3.53. The number of ether oxygens (including phenoxy) is 1. The summed E-state index contributed by atoms with van der Waals surface area (Å²) >= 11 is 0. The van der Waals surface area contributed by atoms with E-state index in [-0.39, 0.29) is 5.91 Å². The Balaban J connectivity index is 0.000000404. The van der Waals surface area contributed by atoms with Gasteiger partial charge < -0.3 is 30.6 Å². The van der Waals surface area contributed by atoms with Crippen molar-refractivity contribution in [2.75, 3.05) is 6.54 Å². The SMILES string of the molecule is CC(C)(C)OC(=O)NC(C(=O)N1CCCC1C=O)C(C)(C)C.NNC(CC1CC1)C(O)C(N)=O. The lowest BCUT2D eigenvalue weighted by Gasteiger charge is -2.35. The highest BCUT2D eigenvalue weighted by Crippen LogP contribution is 2.33. The second-order valence-electron chi connectivity index (χ2n) is 11.1. The van der Waals surface area contributed by atoms with E-state index in [1.165, 1.54) is 0 Å². The molecule has 4 unspecified atom stereocenters. The number of aliphatic hydroxyl groups excluding tert-OH is 1. The maximum absolute atomic E-state index is 12.8. The van der Waals surface area contributed by atoms with Crippen LogP contribution < -0.4 is 22.3 Å². The number of nitrogens with zero attached hydrogens (tertiary/aromatic N) is 1. The van der Waals surface area contributed by atoms with Gasteiger partial charge >= 0.3 is 6.09 Å². The zero-order valence-electron chi connectivity index (χ0n) is 21.3.